The average Bonchev–Trinajstić information content (AvgIpc) is 2.54. The summed E-state index contributed by atoms with van der Waals surface area (Å²) in [6, 6.07) is 9.90. The second-order valence-electron chi connectivity index (χ2n) is 4.92. The van der Waals surface area contributed by atoms with Crippen LogP contribution in [0.15, 0.2) is 42.5 Å². The molecule has 0 aromatic heterocycles. The Bertz CT molecular complexity index is 745. The molecule has 2 aromatic carbocycles. The van der Waals surface area contributed by atoms with Crippen LogP contribution in [0.4, 0.5) is 20.2 Å². The van der Waals surface area contributed by atoms with E-state index in [1.54, 1.807) is 24.3 Å². The number of nitrogens with zero attached hydrogens (tertiary/aromatic N) is 1. The molecule has 0 atom stereocenters. The van der Waals surface area contributed by atoms with Gasteiger partial charge in [-0.25, -0.2) is 8.78 Å². The van der Waals surface area contributed by atoms with Gasteiger partial charge < -0.3 is 10.1 Å². The lowest BCUT2D eigenvalue weighted by atomic mass is 10.2. The van der Waals surface area contributed by atoms with Crippen LogP contribution >= 0.6 is 0 Å². The summed E-state index contributed by atoms with van der Waals surface area (Å²) in [4.78, 5) is 24.7. The van der Waals surface area contributed by atoms with Gasteiger partial charge in [0, 0.05) is 6.92 Å². The normalized spacial score (nSPS) is 10.2. The molecule has 0 aliphatic heterocycles. The molecule has 0 aliphatic rings. The number of para-hydroxylation sites is 3. The van der Waals surface area contributed by atoms with Crippen LogP contribution in [0.25, 0.3) is 0 Å². The highest BCUT2D eigenvalue weighted by Gasteiger charge is 2.23. The zero-order valence-electron chi connectivity index (χ0n) is 13.2. The average molecular weight is 334 g/mol. The molecule has 0 saturated heterocycles. The molecule has 24 heavy (non-hydrogen) atoms. The number of carbonyl (C=O) groups excluding carboxylic acids is 2. The van der Waals surface area contributed by atoms with E-state index >= 15 is 0 Å². The largest absolute Gasteiger partial charge is 0.495 e. The maximum absolute atomic E-state index is 13.9. The first-order valence-electron chi connectivity index (χ1n) is 7.09. The Morgan fingerprint density at radius 2 is 1.71 bits per heavy atom. The minimum atomic E-state index is -0.921. The Balaban J connectivity index is 2.22. The number of benzene rings is 2. The number of nitrogens with one attached hydrogen (secondary N) is 1. The molecule has 2 amide bonds. The summed E-state index contributed by atoms with van der Waals surface area (Å²) in [5.41, 5.74) is -0.164. The van der Waals surface area contributed by atoms with Crippen LogP contribution in [0.1, 0.15) is 6.92 Å². The van der Waals surface area contributed by atoms with Crippen molar-refractivity contribution in [3.8, 4) is 5.75 Å². The monoisotopic (exact) mass is 334 g/mol. The quantitative estimate of drug-likeness (QED) is 0.914. The third kappa shape index (κ3) is 3.87. The molecule has 1 N–H and O–H groups in total. The van der Waals surface area contributed by atoms with Gasteiger partial charge in [0.1, 0.15) is 29.6 Å². The summed E-state index contributed by atoms with van der Waals surface area (Å²) in [7, 11) is 1.45. The van der Waals surface area contributed by atoms with Crippen LogP contribution in [0, 0.1) is 11.6 Å². The van der Waals surface area contributed by atoms with Gasteiger partial charge in [-0.05, 0) is 24.3 Å². The first kappa shape index (κ1) is 17.4. The summed E-state index contributed by atoms with van der Waals surface area (Å²) in [6.45, 7) is 0.591. The number of rotatable bonds is 5. The van der Waals surface area contributed by atoms with Crippen molar-refractivity contribution in [2.75, 3.05) is 23.9 Å². The highest BCUT2D eigenvalue weighted by molar-refractivity contribution is 6.02. The van der Waals surface area contributed by atoms with Gasteiger partial charge in [-0.2, -0.15) is 0 Å². The number of hydrogen-bond donors (Lipinski definition) is 1. The lowest BCUT2D eigenvalue weighted by Gasteiger charge is -2.22. The van der Waals surface area contributed by atoms with Gasteiger partial charge in [0.05, 0.1) is 12.8 Å². The number of hydrogen-bond acceptors (Lipinski definition) is 3. The minimum absolute atomic E-state index is 0.391. The van der Waals surface area contributed by atoms with Crippen molar-refractivity contribution >= 4 is 23.2 Å². The molecular formula is C17H16F2N2O3. The maximum Gasteiger partial charge on any atom is 0.244 e. The molecule has 126 valence electrons. The zero-order chi connectivity index (χ0) is 17.7. The van der Waals surface area contributed by atoms with Gasteiger partial charge in [0.2, 0.25) is 11.8 Å². The highest BCUT2D eigenvalue weighted by atomic mass is 19.1. The molecule has 0 unspecified atom stereocenters. The SMILES string of the molecule is COc1ccccc1NC(=O)CN(C(C)=O)c1c(F)cccc1F. The van der Waals surface area contributed by atoms with Gasteiger partial charge in [-0.15, -0.1) is 0 Å². The van der Waals surface area contributed by atoms with E-state index in [4.69, 9.17) is 4.74 Å². The highest BCUT2D eigenvalue weighted by Crippen LogP contribution is 2.25. The van der Waals surface area contributed by atoms with Gasteiger partial charge in [0.25, 0.3) is 0 Å². The van der Waals surface area contributed by atoms with E-state index < -0.39 is 35.7 Å². The van der Waals surface area contributed by atoms with Gasteiger partial charge >= 0.3 is 0 Å². The van der Waals surface area contributed by atoms with E-state index in [1.807, 2.05) is 0 Å². The first-order valence-corrected chi connectivity index (χ1v) is 7.09. The molecule has 0 spiro atoms. The molecule has 2 aromatic rings. The van der Waals surface area contributed by atoms with Crippen LogP contribution in [0.5, 0.6) is 5.75 Å². The fourth-order valence-corrected chi connectivity index (χ4v) is 2.18. The zero-order valence-corrected chi connectivity index (χ0v) is 13.2. The van der Waals surface area contributed by atoms with E-state index in [2.05, 4.69) is 5.32 Å². The number of halogens is 2. The third-order valence-electron chi connectivity index (χ3n) is 3.27. The van der Waals surface area contributed by atoms with Crippen LogP contribution in [-0.4, -0.2) is 25.5 Å². The van der Waals surface area contributed by atoms with Crippen molar-refractivity contribution in [3.63, 3.8) is 0 Å². The van der Waals surface area contributed by atoms with E-state index in [-0.39, 0.29) is 0 Å². The fraction of sp³-hybridized carbons (Fsp3) is 0.176. The van der Waals surface area contributed by atoms with E-state index in [9.17, 15) is 18.4 Å². The Kier molecular flexibility index (Phi) is 5.47. The summed E-state index contributed by atoms with van der Waals surface area (Å²) >= 11 is 0. The second kappa shape index (κ2) is 7.54. The third-order valence-corrected chi connectivity index (χ3v) is 3.27. The number of anilines is 2. The molecule has 0 radical (unpaired) electrons. The molecule has 0 aliphatic carbocycles. The molecule has 0 saturated carbocycles. The van der Waals surface area contributed by atoms with Crippen LogP contribution in [0.2, 0.25) is 0 Å². The number of methoxy groups -OCH3 is 1. The fourth-order valence-electron chi connectivity index (χ4n) is 2.18. The van der Waals surface area contributed by atoms with Gasteiger partial charge in [0.15, 0.2) is 0 Å². The summed E-state index contributed by atoms with van der Waals surface area (Å²) in [5, 5.41) is 2.55. The van der Waals surface area contributed by atoms with E-state index in [0.717, 1.165) is 24.0 Å². The van der Waals surface area contributed by atoms with Crippen molar-refractivity contribution in [1.82, 2.24) is 0 Å². The van der Waals surface area contributed by atoms with Crippen molar-refractivity contribution in [3.05, 3.63) is 54.1 Å². The predicted molar refractivity (Wildman–Crippen MR) is 86.0 cm³/mol. The molecule has 5 nitrogen and oxygen atoms in total. The summed E-state index contributed by atoms with van der Waals surface area (Å²) in [5.74, 6) is -2.69. The van der Waals surface area contributed by atoms with Crippen LogP contribution in [-0.2, 0) is 9.59 Å². The Morgan fingerprint density at radius 1 is 1.08 bits per heavy atom. The smallest absolute Gasteiger partial charge is 0.244 e. The van der Waals surface area contributed by atoms with Gasteiger partial charge in [-0.1, -0.05) is 18.2 Å². The van der Waals surface area contributed by atoms with E-state index in [0.29, 0.717) is 11.4 Å². The summed E-state index contributed by atoms with van der Waals surface area (Å²) < 4.78 is 32.8. The maximum atomic E-state index is 13.9. The molecule has 7 heteroatoms. The van der Waals surface area contributed by atoms with Gasteiger partial charge in [-0.3, -0.25) is 14.5 Å². The molecular weight excluding hydrogens is 318 g/mol. The lowest BCUT2D eigenvalue weighted by molar-refractivity contribution is -0.120. The molecule has 2 rings (SSSR count). The molecule has 0 fully saturated rings. The second-order valence-corrected chi connectivity index (χ2v) is 4.92. The van der Waals surface area contributed by atoms with Crippen molar-refractivity contribution in [1.29, 1.82) is 0 Å². The molecule has 0 heterocycles. The number of amides is 2. The molecule has 0 bridgehead atoms. The Hall–Kier alpha value is -2.96. The Morgan fingerprint density at radius 3 is 2.29 bits per heavy atom. The number of carbonyl (C=O) groups is 2. The predicted octanol–water partition coefficient (Wildman–Crippen LogP) is 2.97. The summed E-state index contributed by atoms with van der Waals surface area (Å²) in [6.07, 6.45) is 0. The van der Waals surface area contributed by atoms with Crippen LogP contribution in [0.3, 0.4) is 0 Å². The van der Waals surface area contributed by atoms with E-state index in [1.165, 1.54) is 13.2 Å². The van der Waals surface area contributed by atoms with Crippen molar-refractivity contribution in [2.24, 2.45) is 0 Å². The van der Waals surface area contributed by atoms with Crippen molar-refractivity contribution in [2.45, 2.75) is 6.92 Å². The number of ether oxygens (including phenoxy) is 1. The first-order chi connectivity index (χ1) is 11.4. The minimum Gasteiger partial charge on any atom is -0.495 e. The lowest BCUT2D eigenvalue weighted by Crippen LogP contribution is -2.37. The topological polar surface area (TPSA) is 58.6 Å². The van der Waals surface area contributed by atoms with Crippen LogP contribution < -0.4 is 15.0 Å². The van der Waals surface area contributed by atoms with Crippen molar-refractivity contribution < 1.29 is 23.1 Å². The Labute approximate surface area is 137 Å². The standard InChI is InChI=1S/C17H16F2N2O3/c1-11(22)21(17-12(18)6-5-7-13(17)19)10-16(23)20-14-8-3-4-9-15(14)24-2/h3-9H,10H2,1-2H3,(H,20,23).